The van der Waals surface area contributed by atoms with Gasteiger partial charge in [-0.25, -0.2) is 5.14 Å². The highest BCUT2D eigenvalue weighted by molar-refractivity contribution is 7.87. The average molecular weight is 320 g/mol. The van der Waals surface area contributed by atoms with Crippen LogP contribution in [0.25, 0.3) is 0 Å². The number of nitrogens with one attached hydrogen (secondary N) is 1. The van der Waals surface area contributed by atoms with E-state index >= 15 is 0 Å². The van der Waals surface area contributed by atoms with E-state index in [1.165, 1.54) is 5.56 Å². The van der Waals surface area contributed by atoms with Crippen LogP contribution < -0.4 is 14.6 Å². The zero-order valence-corrected chi connectivity index (χ0v) is 13.4. The molecule has 0 spiro atoms. The molecule has 0 heterocycles. The molecule has 0 saturated heterocycles. The monoisotopic (exact) mass is 320 g/mol. The summed E-state index contributed by atoms with van der Waals surface area (Å²) in [6.07, 6.45) is 0. The maximum Gasteiger partial charge on any atom is 0.274 e. The third-order valence-electron chi connectivity index (χ3n) is 3.21. The molecule has 0 bridgehead atoms. The van der Waals surface area contributed by atoms with E-state index < -0.39 is 10.2 Å². The lowest BCUT2D eigenvalue weighted by Gasteiger charge is -2.13. The molecule has 2 rings (SSSR count). The van der Waals surface area contributed by atoms with Crippen LogP contribution in [-0.2, 0) is 16.8 Å². The standard InChI is InChI=1S/C16H20N2O3S/c1-12-4-3-5-14(10-12)11-21-16-8-6-15(7-9-16)13(2)18-22(17,19)20/h3-10,13,18H,11H2,1-2H3,(H2,17,19,20)/t13-/m0/s1. The van der Waals surface area contributed by atoms with Crippen LogP contribution in [0.5, 0.6) is 5.75 Å². The molecule has 22 heavy (non-hydrogen) atoms. The lowest BCUT2D eigenvalue weighted by atomic mass is 10.1. The Hall–Kier alpha value is -1.89. The van der Waals surface area contributed by atoms with Gasteiger partial charge in [0.15, 0.2) is 0 Å². The summed E-state index contributed by atoms with van der Waals surface area (Å²) in [5.74, 6) is 0.730. The van der Waals surface area contributed by atoms with Gasteiger partial charge in [0.05, 0.1) is 0 Å². The van der Waals surface area contributed by atoms with Crippen LogP contribution in [0.4, 0.5) is 0 Å². The second-order valence-corrected chi connectivity index (χ2v) is 6.56. The summed E-state index contributed by atoms with van der Waals surface area (Å²) in [7, 11) is -3.71. The number of aryl methyl sites for hydroxylation is 1. The summed E-state index contributed by atoms with van der Waals surface area (Å²) in [6.45, 7) is 4.26. The van der Waals surface area contributed by atoms with Gasteiger partial charge in [-0.3, -0.25) is 0 Å². The van der Waals surface area contributed by atoms with Gasteiger partial charge in [0.2, 0.25) is 0 Å². The van der Waals surface area contributed by atoms with Crippen LogP contribution in [0, 0.1) is 6.92 Å². The molecule has 0 unspecified atom stereocenters. The maximum absolute atomic E-state index is 11.0. The van der Waals surface area contributed by atoms with Crippen LogP contribution in [0.15, 0.2) is 48.5 Å². The molecule has 0 radical (unpaired) electrons. The highest BCUT2D eigenvalue weighted by Gasteiger charge is 2.11. The van der Waals surface area contributed by atoms with Crippen molar-refractivity contribution in [1.29, 1.82) is 0 Å². The van der Waals surface area contributed by atoms with Crippen molar-refractivity contribution in [3.8, 4) is 5.75 Å². The highest BCUT2D eigenvalue weighted by Crippen LogP contribution is 2.19. The van der Waals surface area contributed by atoms with Gasteiger partial charge >= 0.3 is 0 Å². The van der Waals surface area contributed by atoms with Gasteiger partial charge in [-0.05, 0) is 37.1 Å². The van der Waals surface area contributed by atoms with E-state index in [1.807, 2.05) is 49.4 Å². The number of rotatable bonds is 6. The Bertz CT molecular complexity index is 727. The molecule has 1 atom stereocenters. The van der Waals surface area contributed by atoms with Crippen molar-refractivity contribution in [2.75, 3.05) is 0 Å². The zero-order chi connectivity index (χ0) is 16.2. The number of hydrogen-bond donors (Lipinski definition) is 2. The molecular weight excluding hydrogens is 300 g/mol. The molecule has 2 aromatic rings. The van der Waals surface area contributed by atoms with E-state index in [2.05, 4.69) is 10.8 Å². The summed E-state index contributed by atoms with van der Waals surface area (Å²) < 4.78 is 30.1. The number of nitrogens with two attached hydrogens (primary N) is 1. The fourth-order valence-corrected chi connectivity index (χ4v) is 2.76. The van der Waals surface area contributed by atoms with Crippen molar-refractivity contribution in [3.63, 3.8) is 0 Å². The van der Waals surface area contributed by atoms with Gasteiger partial charge in [0.1, 0.15) is 12.4 Å². The van der Waals surface area contributed by atoms with E-state index in [0.29, 0.717) is 6.61 Å². The minimum Gasteiger partial charge on any atom is -0.489 e. The quantitative estimate of drug-likeness (QED) is 0.857. The van der Waals surface area contributed by atoms with Crippen molar-refractivity contribution >= 4 is 10.2 Å². The summed E-state index contributed by atoms with van der Waals surface area (Å²) >= 11 is 0. The van der Waals surface area contributed by atoms with Crippen molar-refractivity contribution in [2.24, 2.45) is 5.14 Å². The summed E-state index contributed by atoms with van der Waals surface area (Å²) in [6, 6.07) is 15.0. The second-order valence-electron chi connectivity index (χ2n) is 5.23. The van der Waals surface area contributed by atoms with Gasteiger partial charge in [-0.2, -0.15) is 13.1 Å². The molecule has 2 aromatic carbocycles. The van der Waals surface area contributed by atoms with E-state index in [4.69, 9.17) is 9.88 Å². The highest BCUT2D eigenvalue weighted by atomic mass is 32.2. The van der Waals surface area contributed by atoms with Crippen LogP contribution >= 0.6 is 0 Å². The smallest absolute Gasteiger partial charge is 0.274 e. The third-order valence-corrected chi connectivity index (χ3v) is 3.89. The van der Waals surface area contributed by atoms with Crippen LogP contribution in [0.1, 0.15) is 29.7 Å². The molecule has 0 aliphatic heterocycles. The maximum atomic E-state index is 11.0. The lowest BCUT2D eigenvalue weighted by Crippen LogP contribution is -2.32. The van der Waals surface area contributed by atoms with Crippen LogP contribution in [0.2, 0.25) is 0 Å². The normalized spacial score (nSPS) is 12.9. The van der Waals surface area contributed by atoms with Crippen molar-refractivity contribution in [3.05, 3.63) is 65.2 Å². The van der Waals surface area contributed by atoms with Crippen LogP contribution in [-0.4, -0.2) is 8.42 Å². The topological polar surface area (TPSA) is 81.4 Å². The summed E-state index contributed by atoms with van der Waals surface area (Å²) in [5.41, 5.74) is 3.12. The first-order chi connectivity index (χ1) is 10.3. The third kappa shape index (κ3) is 5.14. The first-order valence-electron chi connectivity index (χ1n) is 6.92. The minimum absolute atomic E-state index is 0.388. The Kier molecular flexibility index (Phi) is 5.18. The minimum atomic E-state index is -3.71. The first kappa shape index (κ1) is 16.5. The molecule has 5 nitrogen and oxygen atoms in total. The summed E-state index contributed by atoms with van der Waals surface area (Å²) in [5, 5.41) is 4.96. The van der Waals surface area contributed by atoms with Crippen molar-refractivity contribution in [2.45, 2.75) is 26.5 Å². The summed E-state index contributed by atoms with van der Waals surface area (Å²) in [4.78, 5) is 0. The molecule has 0 aliphatic carbocycles. The van der Waals surface area contributed by atoms with Gasteiger partial charge in [-0.15, -0.1) is 0 Å². The van der Waals surface area contributed by atoms with E-state index in [-0.39, 0.29) is 6.04 Å². The Balaban J connectivity index is 1.97. The van der Waals surface area contributed by atoms with Crippen molar-refractivity contribution < 1.29 is 13.2 Å². The fraction of sp³-hybridized carbons (Fsp3) is 0.250. The average Bonchev–Trinajstić information content (AvgIpc) is 2.44. The SMILES string of the molecule is Cc1cccc(COc2ccc([C@H](C)NS(N)(=O)=O)cc2)c1. The molecule has 6 heteroatoms. The van der Waals surface area contributed by atoms with Gasteiger partial charge in [0.25, 0.3) is 10.2 Å². The van der Waals surface area contributed by atoms with Gasteiger partial charge < -0.3 is 4.74 Å². The Morgan fingerprint density at radius 1 is 1.18 bits per heavy atom. The molecule has 118 valence electrons. The molecular formula is C16H20N2O3S. The molecule has 0 aromatic heterocycles. The van der Waals surface area contributed by atoms with E-state index in [1.54, 1.807) is 6.92 Å². The van der Waals surface area contributed by atoms with E-state index in [9.17, 15) is 8.42 Å². The molecule has 0 fully saturated rings. The number of ether oxygens (including phenoxy) is 1. The Morgan fingerprint density at radius 3 is 2.45 bits per heavy atom. The van der Waals surface area contributed by atoms with Crippen LogP contribution in [0.3, 0.4) is 0 Å². The molecule has 3 N–H and O–H groups in total. The Morgan fingerprint density at radius 2 is 1.86 bits per heavy atom. The predicted molar refractivity (Wildman–Crippen MR) is 86.6 cm³/mol. The van der Waals surface area contributed by atoms with Crippen molar-refractivity contribution in [1.82, 2.24) is 4.72 Å². The number of hydrogen-bond acceptors (Lipinski definition) is 3. The largest absolute Gasteiger partial charge is 0.489 e. The zero-order valence-electron chi connectivity index (χ0n) is 12.6. The fourth-order valence-electron chi connectivity index (χ4n) is 2.14. The first-order valence-corrected chi connectivity index (χ1v) is 8.46. The number of benzene rings is 2. The van der Waals surface area contributed by atoms with Gasteiger partial charge in [-0.1, -0.05) is 42.0 Å². The Labute approximate surface area is 131 Å². The second kappa shape index (κ2) is 6.91. The van der Waals surface area contributed by atoms with Gasteiger partial charge in [0, 0.05) is 6.04 Å². The predicted octanol–water partition coefficient (Wildman–Crippen LogP) is 2.43. The van der Waals surface area contributed by atoms with E-state index in [0.717, 1.165) is 16.9 Å². The molecule has 0 saturated carbocycles. The molecule has 0 amide bonds. The lowest BCUT2D eigenvalue weighted by molar-refractivity contribution is 0.306. The molecule has 0 aliphatic rings.